The van der Waals surface area contributed by atoms with Crippen LogP contribution in [0.5, 0.6) is 11.6 Å². The number of carbonyl (C=O) groups excluding carboxylic acids is 1. The molecule has 1 fully saturated rings. The van der Waals surface area contributed by atoms with Crippen molar-refractivity contribution < 1.29 is 9.53 Å². The van der Waals surface area contributed by atoms with Crippen LogP contribution in [0.2, 0.25) is 0 Å². The highest BCUT2D eigenvalue weighted by atomic mass is 32.1. The highest BCUT2D eigenvalue weighted by Crippen LogP contribution is 2.28. The van der Waals surface area contributed by atoms with E-state index in [1.54, 1.807) is 29.7 Å². The Kier molecular flexibility index (Phi) is 5.99. The summed E-state index contributed by atoms with van der Waals surface area (Å²) in [6, 6.07) is 17.3. The summed E-state index contributed by atoms with van der Waals surface area (Å²) in [5.41, 5.74) is 0.442. The molecule has 6 heteroatoms. The standard InChI is InChI=1S/C22H23N3O2S/c26-21(18-10-6-12-23-22(18)27-17-8-2-1-3-9-17)24-16-19(20-11-7-15-28-20)25-13-4-5-14-25/h1-3,6-12,15,19H,4-5,13-14,16H2,(H,24,26)/t19-/m1/s1. The normalized spacial score (nSPS) is 15.3. The molecule has 1 amide bonds. The molecule has 0 radical (unpaired) electrons. The van der Waals surface area contributed by atoms with Gasteiger partial charge in [-0.3, -0.25) is 9.69 Å². The fraction of sp³-hybridized carbons (Fsp3) is 0.273. The van der Waals surface area contributed by atoms with Crippen LogP contribution in [-0.4, -0.2) is 35.4 Å². The topological polar surface area (TPSA) is 54.5 Å². The lowest BCUT2D eigenvalue weighted by Gasteiger charge is -2.27. The summed E-state index contributed by atoms with van der Waals surface area (Å²) in [5, 5.41) is 5.19. The highest BCUT2D eigenvalue weighted by molar-refractivity contribution is 7.10. The molecule has 0 saturated carbocycles. The van der Waals surface area contributed by atoms with Gasteiger partial charge >= 0.3 is 0 Å². The molecule has 3 aromatic rings. The molecule has 5 nitrogen and oxygen atoms in total. The Hall–Kier alpha value is -2.70. The van der Waals surface area contributed by atoms with Crippen molar-refractivity contribution >= 4 is 17.2 Å². The molecule has 1 N–H and O–H groups in total. The van der Waals surface area contributed by atoms with Gasteiger partial charge in [0.05, 0.1) is 6.04 Å². The van der Waals surface area contributed by atoms with E-state index in [0.717, 1.165) is 13.1 Å². The molecule has 0 aliphatic carbocycles. The van der Waals surface area contributed by atoms with Crippen molar-refractivity contribution in [1.29, 1.82) is 0 Å². The second-order valence-electron chi connectivity index (χ2n) is 6.76. The summed E-state index contributed by atoms with van der Waals surface area (Å²) < 4.78 is 5.83. The predicted molar refractivity (Wildman–Crippen MR) is 111 cm³/mol. The first-order valence-electron chi connectivity index (χ1n) is 9.55. The minimum Gasteiger partial charge on any atom is -0.438 e. The van der Waals surface area contributed by atoms with Crippen molar-refractivity contribution in [1.82, 2.24) is 15.2 Å². The quantitative estimate of drug-likeness (QED) is 0.642. The number of pyridine rings is 1. The molecule has 1 atom stereocenters. The van der Waals surface area contributed by atoms with Crippen molar-refractivity contribution in [2.24, 2.45) is 0 Å². The molecule has 3 heterocycles. The summed E-state index contributed by atoms with van der Waals surface area (Å²) in [5.74, 6) is 0.809. The third kappa shape index (κ3) is 4.40. The molecule has 1 saturated heterocycles. The van der Waals surface area contributed by atoms with Crippen molar-refractivity contribution in [2.45, 2.75) is 18.9 Å². The Bertz CT molecular complexity index is 893. The van der Waals surface area contributed by atoms with Crippen molar-refractivity contribution in [3.05, 3.63) is 76.6 Å². The minimum atomic E-state index is -0.167. The fourth-order valence-corrected chi connectivity index (χ4v) is 4.33. The Balaban J connectivity index is 1.47. The molecule has 1 aromatic carbocycles. The highest BCUT2D eigenvalue weighted by Gasteiger charge is 2.25. The van der Waals surface area contributed by atoms with E-state index in [0.29, 0.717) is 23.7 Å². The fourth-order valence-electron chi connectivity index (χ4n) is 3.47. The lowest BCUT2D eigenvalue weighted by Crippen LogP contribution is -2.36. The van der Waals surface area contributed by atoms with E-state index in [1.807, 2.05) is 30.3 Å². The molecule has 0 bridgehead atoms. The zero-order chi connectivity index (χ0) is 19.2. The van der Waals surface area contributed by atoms with Gasteiger partial charge in [0.1, 0.15) is 11.3 Å². The average Bonchev–Trinajstić information content (AvgIpc) is 3.44. The van der Waals surface area contributed by atoms with Crippen LogP contribution >= 0.6 is 11.3 Å². The van der Waals surface area contributed by atoms with Crippen molar-refractivity contribution in [3.63, 3.8) is 0 Å². The van der Waals surface area contributed by atoms with Gasteiger partial charge in [0, 0.05) is 17.6 Å². The van der Waals surface area contributed by atoms with Crippen LogP contribution in [0.15, 0.2) is 66.2 Å². The minimum absolute atomic E-state index is 0.167. The number of aromatic nitrogens is 1. The smallest absolute Gasteiger partial charge is 0.256 e. The van der Waals surface area contributed by atoms with Crippen LogP contribution in [-0.2, 0) is 0 Å². The number of hydrogen-bond donors (Lipinski definition) is 1. The lowest BCUT2D eigenvalue weighted by atomic mass is 10.2. The molecule has 4 rings (SSSR count). The van der Waals surface area contributed by atoms with Crippen LogP contribution in [0.4, 0.5) is 0 Å². The van der Waals surface area contributed by atoms with Crippen LogP contribution < -0.4 is 10.1 Å². The SMILES string of the molecule is O=C(NC[C@H](c1cccs1)N1CCCC1)c1cccnc1Oc1ccccc1. The number of nitrogens with one attached hydrogen (secondary N) is 1. The Morgan fingerprint density at radius 3 is 2.68 bits per heavy atom. The third-order valence-corrected chi connectivity index (χ3v) is 5.86. The van der Waals surface area contributed by atoms with Crippen LogP contribution in [0, 0.1) is 0 Å². The number of likely N-dealkylation sites (tertiary alicyclic amines) is 1. The summed E-state index contributed by atoms with van der Waals surface area (Å²) in [6.07, 6.45) is 4.06. The van der Waals surface area contributed by atoms with Crippen LogP contribution in [0.1, 0.15) is 34.1 Å². The number of ether oxygens (including phenoxy) is 1. The molecular weight excluding hydrogens is 370 g/mol. The maximum Gasteiger partial charge on any atom is 0.256 e. The second kappa shape index (κ2) is 8.99. The number of para-hydroxylation sites is 1. The van der Waals surface area contributed by atoms with E-state index < -0.39 is 0 Å². The molecule has 1 aliphatic heterocycles. The molecule has 0 spiro atoms. The van der Waals surface area contributed by atoms with E-state index in [2.05, 4.69) is 32.7 Å². The Morgan fingerprint density at radius 1 is 1.11 bits per heavy atom. The zero-order valence-electron chi connectivity index (χ0n) is 15.6. The van der Waals surface area contributed by atoms with E-state index in [-0.39, 0.29) is 11.9 Å². The first-order valence-corrected chi connectivity index (χ1v) is 10.4. The maximum atomic E-state index is 12.9. The molecular formula is C22H23N3O2S. The number of benzene rings is 1. The van der Waals surface area contributed by atoms with E-state index >= 15 is 0 Å². The summed E-state index contributed by atoms with van der Waals surface area (Å²) in [4.78, 5) is 20.9. The number of carbonyl (C=O) groups is 1. The molecule has 2 aromatic heterocycles. The first-order chi connectivity index (χ1) is 13.8. The van der Waals surface area contributed by atoms with Gasteiger partial charge in [0.25, 0.3) is 5.91 Å². The molecule has 0 unspecified atom stereocenters. The maximum absolute atomic E-state index is 12.9. The van der Waals surface area contributed by atoms with E-state index in [1.165, 1.54) is 17.7 Å². The average molecular weight is 394 g/mol. The first kappa shape index (κ1) is 18.7. The number of nitrogens with zero attached hydrogens (tertiary/aromatic N) is 2. The number of thiophene rings is 1. The summed E-state index contributed by atoms with van der Waals surface area (Å²) >= 11 is 1.74. The van der Waals surface area contributed by atoms with Gasteiger partial charge in [-0.2, -0.15) is 0 Å². The number of rotatable bonds is 7. The predicted octanol–water partition coefficient (Wildman–Crippen LogP) is 4.50. The van der Waals surface area contributed by atoms with Crippen molar-refractivity contribution in [3.8, 4) is 11.6 Å². The van der Waals surface area contributed by atoms with Gasteiger partial charge in [-0.05, 0) is 61.6 Å². The van der Waals surface area contributed by atoms with Crippen LogP contribution in [0.3, 0.4) is 0 Å². The van der Waals surface area contributed by atoms with E-state index in [4.69, 9.17) is 4.74 Å². The zero-order valence-corrected chi connectivity index (χ0v) is 16.4. The van der Waals surface area contributed by atoms with Gasteiger partial charge in [0.2, 0.25) is 5.88 Å². The largest absolute Gasteiger partial charge is 0.438 e. The van der Waals surface area contributed by atoms with Gasteiger partial charge in [-0.1, -0.05) is 24.3 Å². The van der Waals surface area contributed by atoms with Gasteiger partial charge < -0.3 is 10.1 Å². The Morgan fingerprint density at radius 2 is 1.93 bits per heavy atom. The summed E-state index contributed by atoms with van der Waals surface area (Å²) in [6.45, 7) is 2.72. The molecule has 1 aliphatic rings. The lowest BCUT2D eigenvalue weighted by molar-refractivity contribution is 0.0935. The third-order valence-electron chi connectivity index (χ3n) is 4.88. The monoisotopic (exact) mass is 393 g/mol. The van der Waals surface area contributed by atoms with E-state index in [9.17, 15) is 4.79 Å². The molecule has 28 heavy (non-hydrogen) atoms. The number of amides is 1. The van der Waals surface area contributed by atoms with Crippen molar-refractivity contribution in [2.75, 3.05) is 19.6 Å². The molecule has 144 valence electrons. The van der Waals surface area contributed by atoms with Gasteiger partial charge in [0.15, 0.2) is 0 Å². The Labute approximate surface area is 169 Å². The van der Waals surface area contributed by atoms with Gasteiger partial charge in [-0.25, -0.2) is 4.98 Å². The van der Waals surface area contributed by atoms with Crippen LogP contribution in [0.25, 0.3) is 0 Å². The van der Waals surface area contributed by atoms with Gasteiger partial charge in [-0.15, -0.1) is 11.3 Å². The summed E-state index contributed by atoms with van der Waals surface area (Å²) in [7, 11) is 0. The number of hydrogen-bond acceptors (Lipinski definition) is 5. The second-order valence-corrected chi connectivity index (χ2v) is 7.73.